The number of aromatic nitrogens is 1. The summed E-state index contributed by atoms with van der Waals surface area (Å²) in [6.07, 6.45) is 1.57. The third kappa shape index (κ3) is 6.39. The summed E-state index contributed by atoms with van der Waals surface area (Å²) in [7, 11) is 0. The van der Waals surface area contributed by atoms with E-state index >= 15 is 0 Å². The first-order valence-electron chi connectivity index (χ1n) is 6.90. The minimum Gasteiger partial charge on any atom is -0.447 e. The molecule has 10 heteroatoms. The molecular formula is C13H16Cl4N3O3+. The number of carbonyl (C=O) groups excluding carboxylic acids is 1. The number of pyridine rings is 1. The van der Waals surface area contributed by atoms with Gasteiger partial charge in [-0.3, -0.25) is 5.32 Å². The Balaban J connectivity index is 1.89. The lowest BCUT2D eigenvalue weighted by atomic mass is 10.2. The zero-order valence-corrected chi connectivity index (χ0v) is 15.0. The Morgan fingerprint density at radius 3 is 2.83 bits per heavy atom. The molecule has 0 aliphatic carbocycles. The molecule has 128 valence electrons. The van der Waals surface area contributed by atoms with Crippen molar-refractivity contribution in [1.29, 1.82) is 0 Å². The van der Waals surface area contributed by atoms with E-state index in [1.807, 2.05) is 0 Å². The average molecular weight is 404 g/mol. The maximum absolute atomic E-state index is 11.9. The van der Waals surface area contributed by atoms with Gasteiger partial charge in [0.15, 0.2) is 0 Å². The number of carbonyl (C=O) groups is 1. The van der Waals surface area contributed by atoms with Crippen molar-refractivity contribution in [2.75, 3.05) is 18.5 Å². The summed E-state index contributed by atoms with van der Waals surface area (Å²) in [4.78, 5) is 14.7. The molecule has 1 aromatic heterocycles. The van der Waals surface area contributed by atoms with Gasteiger partial charge in [0.2, 0.25) is 9.96 Å². The molecule has 6 nitrogen and oxygen atoms in total. The van der Waals surface area contributed by atoms with Crippen molar-refractivity contribution in [2.45, 2.75) is 28.9 Å². The second-order valence-electron chi connectivity index (χ2n) is 4.92. The van der Waals surface area contributed by atoms with Crippen LogP contribution in [0.2, 0.25) is 5.02 Å². The molecule has 3 N–H and O–H groups in total. The highest BCUT2D eigenvalue weighted by Gasteiger charge is 2.38. The molecule has 1 aromatic rings. The van der Waals surface area contributed by atoms with Crippen LogP contribution in [0.1, 0.15) is 12.8 Å². The number of alkyl carbamates (subject to hydrolysis) is 1. The van der Waals surface area contributed by atoms with Gasteiger partial charge in [-0.15, -0.1) is 0 Å². The van der Waals surface area contributed by atoms with Gasteiger partial charge in [-0.1, -0.05) is 46.4 Å². The Bertz CT molecular complexity index is 518. The van der Waals surface area contributed by atoms with Crippen LogP contribution in [0, 0.1) is 0 Å². The number of halogens is 4. The van der Waals surface area contributed by atoms with Gasteiger partial charge in [0, 0.05) is 12.7 Å². The van der Waals surface area contributed by atoms with Crippen LogP contribution >= 0.6 is 46.4 Å². The topological polar surface area (TPSA) is 73.7 Å². The smallest absolute Gasteiger partial charge is 0.410 e. The van der Waals surface area contributed by atoms with Gasteiger partial charge >= 0.3 is 6.09 Å². The van der Waals surface area contributed by atoms with E-state index in [0.29, 0.717) is 17.4 Å². The fourth-order valence-corrected chi connectivity index (χ4v) is 2.40. The van der Waals surface area contributed by atoms with E-state index in [1.54, 1.807) is 18.3 Å². The second-order valence-corrected chi connectivity index (χ2v) is 7.72. The number of aromatic amines is 1. The molecule has 1 amide bonds. The largest absolute Gasteiger partial charge is 0.447 e. The maximum Gasteiger partial charge on any atom is 0.410 e. The summed E-state index contributed by atoms with van der Waals surface area (Å²) >= 11 is 23.4. The normalized spacial score (nSPS) is 19.2. The lowest BCUT2D eigenvalue weighted by molar-refractivity contribution is -0.361. The van der Waals surface area contributed by atoms with Crippen LogP contribution in [-0.2, 0) is 9.47 Å². The molecule has 1 aliphatic rings. The zero-order valence-electron chi connectivity index (χ0n) is 12.0. The number of H-pyrrole nitrogens is 1. The first kappa shape index (κ1) is 18.7. The van der Waals surface area contributed by atoms with E-state index in [9.17, 15) is 4.79 Å². The van der Waals surface area contributed by atoms with Gasteiger partial charge < -0.3 is 9.47 Å². The summed E-state index contributed by atoms with van der Waals surface area (Å²) in [6, 6.07) is 3.29. The van der Waals surface area contributed by atoms with Crippen LogP contribution < -0.4 is 15.6 Å². The van der Waals surface area contributed by atoms with E-state index in [2.05, 4.69) is 15.6 Å². The van der Waals surface area contributed by atoms with Crippen molar-refractivity contribution in [2.24, 2.45) is 0 Å². The number of alkyl halides is 3. The number of hydrogen-bond donors (Lipinski definition) is 2. The summed E-state index contributed by atoms with van der Waals surface area (Å²) < 4.78 is 8.66. The molecule has 0 unspecified atom stereocenters. The maximum atomic E-state index is 11.9. The average Bonchev–Trinajstić information content (AvgIpc) is 2.99. The monoisotopic (exact) mass is 402 g/mol. The summed E-state index contributed by atoms with van der Waals surface area (Å²) in [6.45, 7) is 0.839. The molecule has 2 heterocycles. The number of anilines is 1. The Morgan fingerprint density at radius 1 is 1.48 bits per heavy atom. The Morgan fingerprint density at radius 2 is 2.26 bits per heavy atom. The predicted molar refractivity (Wildman–Crippen MR) is 89.2 cm³/mol. The second kappa shape index (κ2) is 8.44. The molecule has 1 saturated heterocycles. The fraction of sp³-hybridized carbons (Fsp3) is 0.538. The van der Waals surface area contributed by atoms with E-state index in [0.717, 1.165) is 12.8 Å². The highest BCUT2D eigenvalue weighted by molar-refractivity contribution is 6.68. The number of ether oxygens (including phenoxy) is 2. The number of nitrogens with one attached hydrogen (secondary N) is 3. The van der Waals surface area contributed by atoms with E-state index in [-0.39, 0.29) is 12.7 Å². The van der Waals surface area contributed by atoms with Gasteiger partial charge in [-0.2, -0.15) is 0 Å². The molecule has 1 aliphatic heterocycles. The standard InChI is InChI=1S/C13H15Cl4N3O3/c14-8-3-4-10(18-6-8)19-11(13(15,16)17)20-12(21)23-7-9-2-1-5-22-9/h3-4,6,9,11H,1-2,5,7H2,(H,18,19)(H,20,21)/p+1/t9-,11+/m1/s1. The van der Waals surface area contributed by atoms with Crippen molar-refractivity contribution in [3.05, 3.63) is 23.4 Å². The molecule has 2 atom stereocenters. The lowest BCUT2D eigenvalue weighted by Gasteiger charge is -2.22. The highest BCUT2D eigenvalue weighted by atomic mass is 35.6. The third-order valence-corrected chi connectivity index (χ3v) is 3.98. The van der Waals surface area contributed by atoms with Crippen LogP contribution in [-0.4, -0.2) is 35.4 Å². The van der Waals surface area contributed by atoms with Crippen molar-refractivity contribution < 1.29 is 19.3 Å². The minimum atomic E-state index is -1.80. The predicted octanol–water partition coefficient (Wildman–Crippen LogP) is 3.17. The van der Waals surface area contributed by atoms with Gasteiger partial charge in [-0.25, -0.2) is 15.1 Å². The van der Waals surface area contributed by atoms with Crippen LogP contribution in [0.4, 0.5) is 10.6 Å². The Labute approximate surface area is 153 Å². The molecule has 2 rings (SSSR count). The molecule has 1 fully saturated rings. The Kier molecular flexibility index (Phi) is 6.85. The molecule has 0 saturated carbocycles. The van der Waals surface area contributed by atoms with Crippen LogP contribution in [0.15, 0.2) is 18.3 Å². The number of hydrogen-bond acceptors (Lipinski definition) is 4. The first-order valence-corrected chi connectivity index (χ1v) is 8.41. The van der Waals surface area contributed by atoms with Crippen molar-refractivity contribution in [3.63, 3.8) is 0 Å². The first-order chi connectivity index (χ1) is 10.8. The van der Waals surface area contributed by atoms with Gasteiger partial charge in [0.25, 0.3) is 5.82 Å². The summed E-state index contributed by atoms with van der Waals surface area (Å²) in [5, 5.41) is 5.84. The van der Waals surface area contributed by atoms with Crippen LogP contribution in [0.3, 0.4) is 0 Å². The fourth-order valence-electron chi connectivity index (χ4n) is 1.95. The summed E-state index contributed by atoms with van der Waals surface area (Å²) in [5.74, 6) is 0.505. The van der Waals surface area contributed by atoms with Gasteiger partial charge in [-0.05, 0) is 18.9 Å². The van der Waals surface area contributed by atoms with E-state index in [4.69, 9.17) is 55.9 Å². The van der Waals surface area contributed by atoms with Crippen molar-refractivity contribution in [3.8, 4) is 0 Å². The molecule has 0 spiro atoms. The minimum absolute atomic E-state index is 0.0791. The molecule has 0 aromatic carbocycles. The zero-order chi connectivity index (χ0) is 16.9. The molecule has 23 heavy (non-hydrogen) atoms. The van der Waals surface area contributed by atoms with Crippen molar-refractivity contribution >= 4 is 58.3 Å². The molecular weight excluding hydrogens is 388 g/mol. The lowest BCUT2D eigenvalue weighted by Crippen LogP contribution is -2.50. The van der Waals surface area contributed by atoms with E-state index in [1.165, 1.54) is 0 Å². The SMILES string of the molecule is O=C(N[C@H](Nc1ccc(Cl)c[nH+]1)C(Cl)(Cl)Cl)OC[C@H]1CCCO1. The molecule has 0 radical (unpaired) electrons. The Hall–Kier alpha value is -0.660. The summed E-state index contributed by atoms with van der Waals surface area (Å²) in [5.41, 5.74) is 0. The van der Waals surface area contributed by atoms with Gasteiger partial charge in [0.05, 0.1) is 11.1 Å². The molecule has 0 bridgehead atoms. The van der Waals surface area contributed by atoms with E-state index < -0.39 is 16.1 Å². The number of amides is 1. The quantitative estimate of drug-likeness (QED) is 0.584. The third-order valence-electron chi connectivity index (χ3n) is 3.09. The van der Waals surface area contributed by atoms with Crippen LogP contribution in [0.25, 0.3) is 0 Å². The van der Waals surface area contributed by atoms with Crippen LogP contribution in [0.5, 0.6) is 0 Å². The van der Waals surface area contributed by atoms with Crippen molar-refractivity contribution in [1.82, 2.24) is 5.32 Å². The highest BCUT2D eigenvalue weighted by Crippen LogP contribution is 2.30. The number of rotatable bonds is 5. The van der Waals surface area contributed by atoms with Gasteiger partial charge in [0.1, 0.15) is 12.8 Å².